The van der Waals surface area contributed by atoms with Crippen molar-refractivity contribution in [1.29, 1.82) is 0 Å². The minimum Gasteiger partial charge on any atom is -0.487 e. The van der Waals surface area contributed by atoms with Gasteiger partial charge in [0.1, 0.15) is 11.4 Å². The number of rotatable bonds is 4. The molecule has 3 nitrogen and oxygen atoms in total. The van der Waals surface area contributed by atoms with Crippen molar-refractivity contribution >= 4 is 11.6 Å². The first-order valence-corrected chi connectivity index (χ1v) is 10.6. The highest BCUT2D eigenvalue weighted by Gasteiger charge is 2.44. The summed E-state index contributed by atoms with van der Waals surface area (Å²) in [5.41, 5.74) is 6.58. The molecule has 3 rings (SSSR count). The lowest BCUT2D eigenvalue weighted by Crippen LogP contribution is -2.31. The van der Waals surface area contributed by atoms with E-state index in [-0.39, 0.29) is 22.8 Å². The summed E-state index contributed by atoms with van der Waals surface area (Å²) < 4.78 is 6.52. The van der Waals surface area contributed by atoms with Crippen LogP contribution in [0.1, 0.15) is 74.8 Å². The molecule has 1 N–H and O–H groups in total. The van der Waals surface area contributed by atoms with Crippen LogP contribution < -0.4 is 10.1 Å². The van der Waals surface area contributed by atoms with Crippen molar-refractivity contribution in [2.24, 2.45) is 5.41 Å². The van der Waals surface area contributed by atoms with E-state index in [0.29, 0.717) is 6.42 Å². The van der Waals surface area contributed by atoms with Gasteiger partial charge in [0.2, 0.25) is 5.91 Å². The molecule has 0 spiro atoms. The van der Waals surface area contributed by atoms with Crippen LogP contribution in [-0.2, 0) is 11.2 Å². The summed E-state index contributed by atoms with van der Waals surface area (Å²) in [7, 11) is 0. The van der Waals surface area contributed by atoms with Crippen molar-refractivity contribution < 1.29 is 9.53 Å². The number of ether oxygens (including phenoxy) is 1. The zero-order valence-corrected chi connectivity index (χ0v) is 19.2. The molecule has 0 fully saturated rings. The van der Waals surface area contributed by atoms with Gasteiger partial charge in [-0.25, -0.2) is 0 Å². The number of carbonyl (C=O) groups is 1. The van der Waals surface area contributed by atoms with Crippen molar-refractivity contribution in [2.45, 2.75) is 79.8 Å². The van der Waals surface area contributed by atoms with Crippen LogP contribution >= 0.6 is 0 Å². The van der Waals surface area contributed by atoms with E-state index in [1.165, 1.54) is 16.7 Å². The van der Waals surface area contributed by atoms with E-state index in [4.69, 9.17) is 4.74 Å². The lowest BCUT2D eigenvalue weighted by atomic mass is 9.79. The van der Waals surface area contributed by atoms with E-state index in [1.807, 2.05) is 0 Å². The number of hydrogen-bond acceptors (Lipinski definition) is 2. The molecule has 0 saturated carbocycles. The fourth-order valence-electron chi connectivity index (χ4n) is 4.44. The zero-order valence-electron chi connectivity index (χ0n) is 19.2. The summed E-state index contributed by atoms with van der Waals surface area (Å²) in [6, 6.07) is 10.6. The third-order valence-electron chi connectivity index (χ3n) is 6.09. The Morgan fingerprint density at radius 2 is 1.66 bits per heavy atom. The van der Waals surface area contributed by atoms with Gasteiger partial charge in [-0.2, -0.15) is 0 Å². The second-order valence-corrected chi connectivity index (χ2v) is 10.2. The Morgan fingerprint density at radius 3 is 2.24 bits per heavy atom. The van der Waals surface area contributed by atoms with Crippen molar-refractivity contribution in [3.8, 4) is 5.75 Å². The van der Waals surface area contributed by atoms with Crippen molar-refractivity contribution in [3.63, 3.8) is 0 Å². The van der Waals surface area contributed by atoms with Crippen LogP contribution in [0.4, 0.5) is 5.69 Å². The molecule has 156 valence electrons. The predicted octanol–water partition coefficient (Wildman–Crippen LogP) is 6.48. The minimum atomic E-state index is -0.297. The molecule has 0 aliphatic carbocycles. The predicted molar refractivity (Wildman–Crippen MR) is 121 cm³/mol. The Bertz CT molecular complexity index is 920. The van der Waals surface area contributed by atoms with Crippen molar-refractivity contribution in [3.05, 3.63) is 58.1 Å². The first-order chi connectivity index (χ1) is 13.4. The van der Waals surface area contributed by atoms with Crippen molar-refractivity contribution in [2.75, 3.05) is 5.32 Å². The number of benzene rings is 2. The lowest BCUT2D eigenvalue weighted by Gasteiger charge is -2.27. The smallest absolute Gasteiger partial charge is 0.224 e. The highest BCUT2D eigenvalue weighted by atomic mass is 16.5. The largest absolute Gasteiger partial charge is 0.487 e. The molecule has 3 heteroatoms. The van der Waals surface area contributed by atoms with Gasteiger partial charge in [0.05, 0.1) is 5.69 Å². The van der Waals surface area contributed by atoms with Gasteiger partial charge in [0.25, 0.3) is 0 Å². The van der Waals surface area contributed by atoms with E-state index in [0.717, 1.165) is 29.0 Å². The molecular formula is C26H35NO2. The standard InChI is InChI=1S/C26H35NO2/c1-16-17(2)23(27-21(28)15-25(4,5)6)18(3)24-22(16)20(26(7,8)29-24)14-19-12-10-9-11-13-19/h9-13,20H,14-15H2,1-8H3,(H,27,28). The third kappa shape index (κ3) is 4.34. The number of fused-ring (bicyclic) bond motifs is 1. The third-order valence-corrected chi connectivity index (χ3v) is 6.09. The summed E-state index contributed by atoms with van der Waals surface area (Å²) in [5, 5.41) is 3.18. The zero-order chi connectivity index (χ0) is 21.6. The maximum Gasteiger partial charge on any atom is 0.224 e. The molecule has 0 saturated heterocycles. The fraction of sp³-hybridized carbons (Fsp3) is 0.500. The number of carbonyl (C=O) groups excluding carboxylic acids is 1. The molecule has 1 aliphatic heterocycles. The normalized spacial score (nSPS) is 17.6. The molecule has 2 aromatic carbocycles. The molecule has 29 heavy (non-hydrogen) atoms. The van der Waals surface area contributed by atoms with E-state index < -0.39 is 0 Å². The molecule has 0 aromatic heterocycles. The van der Waals surface area contributed by atoms with E-state index in [1.54, 1.807) is 0 Å². The van der Waals surface area contributed by atoms with Crippen LogP contribution in [0.2, 0.25) is 0 Å². The Morgan fingerprint density at radius 1 is 1.03 bits per heavy atom. The van der Waals surface area contributed by atoms with Crippen LogP contribution in [0.25, 0.3) is 0 Å². The van der Waals surface area contributed by atoms with Gasteiger partial charge in [0, 0.05) is 23.5 Å². The number of anilines is 1. The quantitative estimate of drug-likeness (QED) is 0.645. The molecular weight excluding hydrogens is 358 g/mol. The first kappa shape index (κ1) is 21.4. The molecule has 0 radical (unpaired) electrons. The van der Waals surface area contributed by atoms with Crippen LogP contribution in [0.3, 0.4) is 0 Å². The van der Waals surface area contributed by atoms with Crippen molar-refractivity contribution in [1.82, 2.24) is 0 Å². The molecule has 1 heterocycles. The second kappa shape index (κ2) is 7.51. The topological polar surface area (TPSA) is 38.3 Å². The summed E-state index contributed by atoms with van der Waals surface area (Å²) in [4.78, 5) is 12.6. The van der Waals surface area contributed by atoms with Gasteiger partial charge < -0.3 is 10.1 Å². The van der Waals surface area contributed by atoms with Crippen LogP contribution in [0.5, 0.6) is 5.75 Å². The molecule has 2 aromatic rings. The molecule has 1 unspecified atom stereocenters. The lowest BCUT2D eigenvalue weighted by molar-refractivity contribution is -0.117. The first-order valence-electron chi connectivity index (χ1n) is 10.6. The summed E-state index contributed by atoms with van der Waals surface area (Å²) in [5.74, 6) is 1.28. The van der Waals surface area contributed by atoms with Gasteiger partial charge in [-0.1, -0.05) is 51.1 Å². The Balaban J connectivity index is 2.02. The van der Waals surface area contributed by atoms with Gasteiger partial charge in [-0.3, -0.25) is 4.79 Å². The van der Waals surface area contributed by atoms with E-state index in [2.05, 4.69) is 91.0 Å². The number of hydrogen-bond donors (Lipinski definition) is 1. The Labute approximate surface area is 175 Å². The monoisotopic (exact) mass is 393 g/mol. The van der Waals surface area contributed by atoms with Gasteiger partial charge in [-0.05, 0) is 63.1 Å². The van der Waals surface area contributed by atoms with Crippen LogP contribution in [-0.4, -0.2) is 11.5 Å². The average Bonchev–Trinajstić information content (AvgIpc) is 2.87. The maximum absolute atomic E-state index is 12.6. The fourth-order valence-corrected chi connectivity index (χ4v) is 4.44. The van der Waals surface area contributed by atoms with Crippen LogP contribution in [0.15, 0.2) is 30.3 Å². The maximum atomic E-state index is 12.6. The SMILES string of the molecule is Cc1c(C)c2c(c(C)c1NC(=O)CC(C)(C)C)OC(C)(C)C2Cc1ccccc1. The summed E-state index contributed by atoms with van der Waals surface area (Å²) >= 11 is 0. The van der Waals surface area contributed by atoms with E-state index >= 15 is 0 Å². The molecule has 1 aliphatic rings. The number of nitrogens with one attached hydrogen (secondary N) is 1. The summed E-state index contributed by atoms with van der Waals surface area (Å²) in [6.07, 6.45) is 1.43. The Hall–Kier alpha value is -2.29. The molecule has 1 amide bonds. The average molecular weight is 394 g/mol. The van der Waals surface area contributed by atoms with Gasteiger partial charge >= 0.3 is 0 Å². The molecule has 1 atom stereocenters. The highest BCUT2D eigenvalue weighted by molar-refractivity contribution is 5.94. The van der Waals surface area contributed by atoms with Gasteiger partial charge in [0.15, 0.2) is 0 Å². The summed E-state index contributed by atoms with van der Waals surface area (Å²) in [6.45, 7) is 16.9. The highest BCUT2D eigenvalue weighted by Crippen LogP contribution is 2.52. The van der Waals surface area contributed by atoms with E-state index in [9.17, 15) is 4.79 Å². The Kier molecular flexibility index (Phi) is 5.55. The van der Waals surface area contributed by atoms with Crippen LogP contribution in [0, 0.1) is 26.2 Å². The molecule has 0 bridgehead atoms. The minimum absolute atomic E-state index is 0.0447. The second-order valence-electron chi connectivity index (χ2n) is 10.2. The number of amides is 1. The van der Waals surface area contributed by atoms with Gasteiger partial charge in [-0.15, -0.1) is 0 Å².